The number of anilines is 1. The van der Waals surface area contributed by atoms with Crippen molar-refractivity contribution in [3.8, 4) is 0 Å². The minimum atomic E-state index is -0.269. The van der Waals surface area contributed by atoms with Crippen molar-refractivity contribution >= 4 is 57.4 Å². The van der Waals surface area contributed by atoms with Gasteiger partial charge in [-0.15, -0.1) is 0 Å². The van der Waals surface area contributed by atoms with Gasteiger partial charge in [-0.2, -0.15) is 0 Å². The largest absolute Gasteiger partial charge is 0.355 e. The molecule has 2 aromatic carbocycles. The third kappa shape index (κ3) is 4.73. The van der Waals surface area contributed by atoms with Crippen LogP contribution in [0.3, 0.4) is 0 Å². The molecule has 5 nitrogen and oxygen atoms in total. The third-order valence-corrected chi connectivity index (χ3v) is 4.12. The van der Waals surface area contributed by atoms with Gasteiger partial charge in [0.05, 0.1) is 5.56 Å². The molecule has 7 heteroatoms. The smallest absolute Gasteiger partial charge is 0.258 e. The molecule has 0 unspecified atom stereocenters. The average Bonchev–Trinajstić information content (AvgIpc) is 2.55. The molecule has 118 valence electrons. The molecule has 0 aliphatic heterocycles. The fourth-order valence-corrected chi connectivity index (χ4v) is 2.67. The predicted octanol–water partition coefficient (Wildman–Crippen LogP) is 2.78. The molecule has 3 N–H and O–H groups in total. The summed E-state index contributed by atoms with van der Waals surface area (Å²) in [6.07, 6.45) is 0. The molecule has 0 bridgehead atoms. The summed E-state index contributed by atoms with van der Waals surface area (Å²) in [5.74, 6) is -0.430. The van der Waals surface area contributed by atoms with Gasteiger partial charge in [-0.3, -0.25) is 14.9 Å². The zero-order valence-corrected chi connectivity index (χ0v) is 15.2. The minimum Gasteiger partial charge on any atom is -0.355 e. The lowest BCUT2D eigenvalue weighted by molar-refractivity contribution is 0.0959. The fraction of sp³-hybridized carbons (Fsp3) is 0.0625. The van der Waals surface area contributed by atoms with Gasteiger partial charge in [-0.05, 0) is 71.2 Å². The molecule has 0 radical (unpaired) electrons. The lowest BCUT2D eigenvalue weighted by atomic mass is 10.2. The number of nitrogens with one attached hydrogen (secondary N) is 3. The number of carbonyl (C=O) groups is 2. The Morgan fingerprint density at radius 1 is 1.00 bits per heavy atom. The van der Waals surface area contributed by atoms with Gasteiger partial charge in [-0.25, -0.2) is 0 Å². The maximum absolute atomic E-state index is 12.2. The van der Waals surface area contributed by atoms with E-state index in [2.05, 4.69) is 38.5 Å². The number of amides is 2. The van der Waals surface area contributed by atoms with Gasteiger partial charge >= 0.3 is 0 Å². The van der Waals surface area contributed by atoms with Crippen LogP contribution in [-0.4, -0.2) is 24.0 Å². The van der Waals surface area contributed by atoms with Crippen LogP contribution in [0.2, 0.25) is 0 Å². The van der Waals surface area contributed by atoms with Crippen molar-refractivity contribution in [2.45, 2.75) is 0 Å². The second-order valence-electron chi connectivity index (χ2n) is 4.54. The highest BCUT2D eigenvalue weighted by Gasteiger charge is 2.11. The maximum Gasteiger partial charge on any atom is 0.258 e. The van der Waals surface area contributed by atoms with E-state index in [1.165, 1.54) is 0 Å². The van der Waals surface area contributed by atoms with Crippen LogP contribution in [0.1, 0.15) is 20.7 Å². The van der Waals surface area contributed by atoms with Crippen LogP contribution in [0.25, 0.3) is 0 Å². The molecule has 0 atom stereocenters. The van der Waals surface area contributed by atoms with E-state index in [0.717, 1.165) is 3.57 Å². The zero-order chi connectivity index (χ0) is 16.8. The third-order valence-electron chi connectivity index (χ3n) is 2.98. The van der Waals surface area contributed by atoms with Crippen LogP contribution < -0.4 is 16.0 Å². The molecule has 2 aromatic rings. The molecule has 0 aliphatic carbocycles. The number of benzene rings is 2. The van der Waals surface area contributed by atoms with Gasteiger partial charge in [0.25, 0.3) is 11.8 Å². The summed E-state index contributed by atoms with van der Waals surface area (Å²) in [4.78, 5) is 23.6. The number of hydrogen-bond acceptors (Lipinski definition) is 3. The molecule has 0 saturated carbocycles. The van der Waals surface area contributed by atoms with Crippen molar-refractivity contribution in [3.63, 3.8) is 0 Å². The molecular formula is C16H14IN3O2S. The highest BCUT2D eigenvalue weighted by Crippen LogP contribution is 2.12. The van der Waals surface area contributed by atoms with E-state index in [1.807, 2.05) is 12.1 Å². The van der Waals surface area contributed by atoms with Crippen molar-refractivity contribution in [1.82, 2.24) is 10.6 Å². The summed E-state index contributed by atoms with van der Waals surface area (Å²) in [7, 11) is 1.57. The van der Waals surface area contributed by atoms with Crippen molar-refractivity contribution in [2.75, 3.05) is 12.4 Å². The summed E-state index contributed by atoms with van der Waals surface area (Å²) in [6, 6.07) is 14.0. The summed E-state index contributed by atoms with van der Waals surface area (Å²) in [5, 5.41) is 8.29. The zero-order valence-electron chi connectivity index (χ0n) is 12.2. The van der Waals surface area contributed by atoms with Gasteiger partial charge in [0.15, 0.2) is 5.11 Å². The number of carbonyl (C=O) groups excluding carboxylic acids is 2. The highest BCUT2D eigenvalue weighted by atomic mass is 127. The monoisotopic (exact) mass is 439 g/mol. The normalized spacial score (nSPS) is 9.83. The second kappa shape index (κ2) is 8.02. The first-order valence-corrected chi connectivity index (χ1v) is 8.19. The van der Waals surface area contributed by atoms with Crippen LogP contribution in [0, 0.1) is 3.57 Å². The molecule has 2 amide bonds. The van der Waals surface area contributed by atoms with Crippen LogP contribution >= 0.6 is 34.8 Å². The standard InChI is InChI=1S/C16H14IN3O2S/c1-18-14(21)10-6-8-11(9-7-10)19-16(23)20-15(22)12-4-2-3-5-13(12)17/h2-9H,1H3,(H,18,21)(H2,19,20,22,23). The van der Waals surface area contributed by atoms with Crippen molar-refractivity contribution in [3.05, 3.63) is 63.2 Å². The Bertz CT molecular complexity index is 747. The lowest BCUT2D eigenvalue weighted by Gasteiger charge is -2.10. The predicted molar refractivity (Wildman–Crippen MR) is 103 cm³/mol. The Kier molecular flexibility index (Phi) is 6.05. The summed E-state index contributed by atoms with van der Waals surface area (Å²) in [6.45, 7) is 0. The van der Waals surface area contributed by atoms with Gasteiger partial charge < -0.3 is 10.6 Å². The Morgan fingerprint density at radius 3 is 2.26 bits per heavy atom. The summed E-state index contributed by atoms with van der Waals surface area (Å²) in [5.41, 5.74) is 1.80. The lowest BCUT2D eigenvalue weighted by Crippen LogP contribution is -2.34. The second-order valence-corrected chi connectivity index (χ2v) is 6.12. The molecule has 0 saturated heterocycles. The van der Waals surface area contributed by atoms with Gasteiger partial charge in [0.1, 0.15) is 0 Å². The first kappa shape index (κ1) is 17.4. The molecule has 0 heterocycles. The molecule has 0 fully saturated rings. The molecule has 0 aromatic heterocycles. The Hall–Kier alpha value is -2.00. The van der Waals surface area contributed by atoms with E-state index < -0.39 is 0 Å². The van der Waals surface area contributed by atoms with Crippen molar-refractivity contribution in [1.29, 1.82) is 0 Å². The summed E-state index contributed by atoms with van der Waals surface area (Å²) < 4.78 is 0.848. The van der Waals surface area contributed by atoms with E-state index in [1.54, 1.807) is 43.4 Å². The van der Waals surface area contributed by atoms with E-state index in [9.17, 15) is 9.59 Å². The Labute approximate surface area is 153 Å². The van der Waals surface area contributed by atoms with Gasteiger partial charge in [0, 0.05) is 21.9 Å². The maximum atomic E-state index is 12.2. The first-order valence-electron chi connectivity index (χ1n) is 6.70. The number of thiocarbonyl (C=S) groups is 1. The molecule has 2 rings (SSSR count). The SMILES string of the molecule is CNC(=O)c1ccc(NC(=S)NC(=O)c2ccccc2I)cc1. The van der Waals surface area contributed by atoms with Crippen molar-refractivity contribution < 1.29 is 9.59 Å². The first-order chi connectivity index (χ1) is 11.0. The van der Waals surface area contributed by atoms with Crippen LogP contribution in [0.5, 0.6) is 0 Å². The van der Waals surface area contributed by atoms with Crippen LogP contribution in [-0.2, 0) is 0 Å². The average molecular weight is 439 g/mol. The Morgan fingerprint density at radius 2 is 1.65 bits per heavy atom. The number of hydrogen-bond donors (Lipinski definition) is 3. The van der Waals surface area contributed by atoms with Crippen molar-refractivity contribution in [2.24, 2.45) is 0 Å². The highest BCUT2D eigenvalue weighted by molar-refractivity contribution is 14.1. The van der Waals surface area contributed by atoms with E-state index in [0.29, 0.717) is 16.8 Å². The summed E-state index contributed by atoms with van der Waals surface area (Å²) >= 11 is 7.23. The van der Waals surface area contributed by atoms with Gasteiger partial charge in [0.2, 0.25) is 0 Å². The minimum absolute atomic E-state index is 0.161. The molecule has 0 spiro atoms. The molecular weight excluding hydrogens is 425 g/mol. The number of halogens is 1. The van der Waals surface area contributed by atoms with Crippen LogP contribution in [0.15, 0.2) is 48.5 Å². The topological polar surface area (TPSA) is 70.2 Å². The van der Waals surface area contributed by atoms with Crippen LogP contribution in [0.4, 0.5) is 5.69 Å². The van der Waals surface area contributed by atoms with E-state index >= 15 is 0 Å². The van der Waals surface area contributed by atoms with E-state index in [-0.39, 0.29) is 16.9 Å². The number of rotatable bonds is 3. The quantitative estimate of drug-likeness (QED) is 0.508. The Balaban J connectivity index is 1.98. The fourth-order valence-electron chi connectivity index (χ4n) is 1.83. The molecule has 0 aliphatic rings. The van der Waals surface area contributed by atoms with Gasteiger partial charge in [-0.1, -0.05) is 12.1 Å². The van der Waals surface area contributed by atoms with E-state index in [4.69, 9.17) is 12.2 Å². The molecule has 23 heavy (non-hydrogen) atoms.